The Hall–Kier alpha value is -6.90. The van der Waals surface area contributed by atoms with Crippen molar-refractivity contribution in [3.63, 3.8) is 0 Å². The maximum absolute atomic E-state index is 2.57. The summed E-state index contributed by atoms with van der Waals surface area (Å²) in [6, 6.07) is 64.5. The van der Waals surface area contributed by atoms with Gasteiger partial charge in [0.15, 0.2) is 0 Å². The predicted octanol–water partition coefficient (Wildman–Crippen LogP) is 16.8. The molecule has 62 heavy (non-hydrogen) atoms. The van der Waals surface area contributed by atoms with Gasteiger partial charge in [-0.05, 0) is 167 Å². The fraction of sp³-hybridized carbons (Fsp3) is 0.167. The Bertz CT molecular complexity index is 3000. The van der Waals surface area contributed by atoms with Crippen LogP contribution in [0.2, 0.25) is 0 Å². The summed E-state index contributed by atoms with van der Waals surface area (Å²) in [6.07, 6.45) is 0. The summed E-state index contributed by atoms with van der Waals surface area (Å²) in [6.45, 7) is 18.4. The minimum Gasteiger partial charge on any atom is -0.309 e. The minimum absolute atomic E-state index is 0.197. The molecule has 0 saturated heterocycles. The summed E-state index contributed by atoms with van der Waals surface area (Å²) in [4.78, 5) is 5.11. The molecule has 0 heterocycles. The van der Waals surface area contributed by atoms with Crippen molar-refractivity contribution in [3.05, 3.63) is 214 Å². The van der Waals surface area contributed by atoms with Crippen LogP contribution in [-0.4, -0.2) is 0 Å². The molecule has 0 spiro atoms. The Morgan fingerprint density at radius 1 is 0.290 bits per heavy atom. The molecule has 9 aromatic rings. The fourth-order valence-corrected chi connectivity index (χ4v) is 10.9. The van der Waals surface area contributed by atoms with Gasteiger partial charge in [0.05, 0.1) is 11.4 Å². The Kier molecular flexibility index (Phi) is 8.48. The highest BCUT2D eigenvalue weighted by atomic mass is 15.2. The first-order chi connectivity index (χ1) is 29.9. The average Bonchev–Trinajstić information content (AvgIpc) is 3.62. The van der Waals surface area contributed by atoms with Gasteiger partial charge in [0.1, 0.15) is 0 Å². The lowest BCUT2D eigenvalue weighted by Gasteiger charge is -2.34. The van der Waals surface area contributed by atoms with Crippen LogP contribution in [0.4, 0.5) is 34.1 Å². The van der Waals surface area contributed by atoms with Crippen LogP contribution in [0.1, 0.15) is 72.2 Å². The molecule has 0 atom stereocenters. The van der Waals surface area contributed by atoms with E-state index >= 15 is 0 Å². The summed E-state index contributed by atoms with van der Waals surface area (Å²) in [5, 5.41) is 4.90. The van der Waals surface area contributed by atoms with Crippen LogP contribution in [-0.2, 0) is 10.8 Å². The molecule has 0 bridgehead atoms. The highest BCUT2D eigenvalue weighted by molar-refractivity contribution is 6.25. The molecule has 2 nitrogen and oxygen atoms in total. The summed E-state index contributed by atoms with van der Waals surface area (Å²) < 4.78 is 0. The van der Waals surface area contributed by atoms with E-state index in [0.29, 0.717) is 0 Å². The minimum atomic E-state index is -0.197. The van der Waals surface area contributed by atoms with Crippen molar-refractivity contribution in [1.82, 2.24) is 0 Å². The van der Waals surface area contributed by atoms with Crippen molar-refractivity contribution in [3.8, 4) is 22.3 Å². The average molecular weight is 801 g/mol. The van der Waals surface area contributed by atoms with Gasteiger partial charge >= 0.3 is 0 Å². The molecule has 0 amide bonds. The van der Waals surface area contributed by atoms with Gasteiger partial charge in [-0.2, -0.15) is 0 Å². The van der Waals surface area contributed by atoms with Crippen molar-refractivity contribution >= 4 is 55.7 Å². The molecule has 11 rings (SSSR count). The molecule has 302 valence electrons. The molecule has 0 saturated carbocycles. The van der Waals surface area contributed by atoms with Gasteiger partial charge in [0, 0.05) is 55.1 Å². The van der Waals surface area contributed by atoms with Gasteiger partial charge in [-0.15, -0.1) is 0 Å². The number of benzene rings is 9. The molecule has 0 aliphatic heterocycles. The van der Waals surface area contributed by atoms with E-state index in [1.54, 1.807) is 0 Å². The zero-order valence-electron chi connectivity index (χ0n) is 37.1. The number of anilines is 6. The zero-order chi connectivity index (χ0) is 42.7. The molecule has 0 radical (unpaired) electrons. The summed E-state index contributed by atoms with van der Waals surface area (Å²) >= 11 is 0. The van der Waals surface area contributed by atoms with E-state index in [1.807, 2.05) is 0 Å². The standard InChI is InChI=1S/C60H52N2/c1-37-17-13-21-41(29-37)61(42-22-14-18-38(2)30-42)57-49-33-47-45-25-9-11-27-53(45)60(7,8)56(47)36-52(49)58(62(43-23-15-19-39(3)31-43)44-24-16-20-40(4)32-44)50-34-48-46-26-10-12-28-54(46)59(5,6)55(48)35-51(50)57/h9-36H,1-8H3. The third-order valence-corrected chi connectivity index (χ3v) is 14.0. The van der Waals surface area contributed by atoms with E-state index < -0.39 is 0 Å². The van der Waals surface area contributed by atoms with Crippen LogP contribution in [0, 0.1) is 27.7 Å². The van der Waals surface area contributed by atoms with Crippen molar-refractivity contribution in [2.24, 2.45) is 0 Å². The molecule has 0 fully saturated rings. The lowest BCUT2D eigenvalue weighted by molar-refractivity contribution is 0.661. The number of aryl methyl sites for hydroxylation is 4. The Morgan fingerprint density at radius 2 is 0.597 bits per heavy atom. The monoisotopic (exact) mass is 800 g/mol. The topological polar surface area (TPSA) is 6.48 Å². The molecule has 2 aliphatic carbocycles. The highest BCUT2D eigenvalue weighted by Crippen LogP contribution is 2.59. The normalized spacial score (nSPS) is 14.1. The third kappa shape index (κ3) is 5.69. The summed E-state index contributed by atoms with van der Waals surface area (Å²) in [5.74, 6) is 0. The second-order valence-electron chi connectivity index (χ2n) is 19.0. The predicted molar refractivity (Wildman–Crippen MR) is 265 cm³/mol. The number of hydrogen-bond donors (Lipinski definition) is 0. The van der Waals surface area contributed by atoms with Gasteiger partial charge in [0.2, 0.25) is 0 Å². The second-order valence-corrected chi connectivity index (χ2v) is 19.0. The van der Waals surface area contributed by atoms with E-state index in [4.69, 9.17) is 0 Å². The Morgan fingerprint density at radius 3 is 0.919 bits per heavy atom. The number of nitrogens with zero attached hydrogens (tertiary/aromatic N) is 2. The first kappa shape index (κ1) is 38.1. The summed E-state index contributed by atoms with van der Waals surface area (Å²) in [7, 11) is 0. The lowest BCUT2D eigenvalue weighted by atomic mass is 9.80. The molecule has 2 heteroatoms. The van der Waals surface area contributed by atoms with Gasteiger partial charge in [-0.1, -0.05) is 125 Å². The molecular weight excluding hydrogens is 749 g/mol. The van der Waals surface area contributed by atoms with Crippen LogP contribution in [0.25, 0.3) is 43.8 Å². The van der Waals surface area contributed by atoms with Crippen molar-refractivity contribution in [1.29, 1.82) is 0 Å². The SMILES string of the molecule is Cc1cccc(N(c2cccc(C)c2)c2c3cc4c(cc3c(N(c3cccc(C)c3)c3cccc(C)c3)c3cc5c(cc23)C(C)(C)c2ccccc2-5)C(C)(C)c2ccccc2-4)c1. The molecule has 0 unspecified atom stereocenters. The van der Waals surface area contributed by atoms with E-state index in [-0.39, 0.29) is 10.8 Å². The number of rotatable bonds is 6. The van der Waals surface area contributed by atoms with E-state index in [9.17, 15) is 0 Å². The molecule has 0 N–H and O–H groups in total. The van der Waals surface area contributed by atoms with Crippen molar-refractivity contribution in [2.75, 3.05) is 9.80 Å². The van der Waals surface area contributed by atoms with E-state index in [2.05, 4.69) is 235 Å². The molecule has 0 aromatic heterocycles. The van der Waals surface area contributed by atoms with Crippen molar-refractivity contribution < 1.29 is 0 Å². The summed E-state index contributed by atoms with van der Waals surface area (Å²) in [5.41, 5.74) is 22.2. The zero-order valence-corrected chi connectivity index (χ0v) is 37.1. The van der Waals surface area contributed by atoms with Crippen LogP contribution >= 0.6 is 0 Å². The van der Waals surface area contributed by atoms with Gasteiger partial charge in [-0.25, -0.2) is 0 Å². The molecule has 2 aliphatic rings. The van der Waals surface area contributed by atoms with Crippen LogP contribution in [0.3, 0.4) is 0 Å². The largest absolute Gasteiger partial charge is 0.309 e. The van der Waals surface area contributed by atoms with Crippen LogP contribution < -0.4 is 9.80 Å². The van der Waals surface area contributed by atoms with Crippen LogP contribution in [0.15, 0.2) is 170 Å². The second kappa shape index (κ2) is 13.8. The number of fused-ring (bicyclic) bond motifs is 8. The van der Waals surface area contributed by atoms with E-state index in [1.165, 1.54) is 99.7 Å². The Balaban J connectivity index is 1.40. The first-order valence-electron chi connectivity index (χ1n) is 22.1. The first-order valence-corrected chi connectivity index (χ1v) is 22.1. The number of hydrogen-bond acceptors (Lipinski definition) is 2. The van der Waals surface area contributed by atoms with Gasteiger partial charge in [0.25, 0.3) is 0 Å². The molecular formula is C60H52N2. The smallest absolute Gasteiger partial charge is 0.0620 e. The van der Waals surface area contributed by atoms with Crippen LogP contribution in [0.5, 0.6) is 0 Å². The highest BCUT2D eigenvalue weighted by Gasteiger charge is 2.39. The third-order valence-electron chi connectivity index (χ3n) is 14.0. The Labute approximate surface area is 366 Å². The van der Waals surface area contributed by atoms with Gasteiger partial charge in [-0.3, -0.25) is 0 Å². The maximum Gasteiger partial charge on any atom is 0.0620 e. The maximum atomic E-state index is 2.57. The quantitative estimate of drug-likeness (QED) is 0.122. The molecule has 9 aromatic carbocycles. The van der Waals surface area contributed by atoms with Gasteiger partial charge < -0.3 is 9.80 Å². The fourth-order valence-electron chi connectivity index (χ4n) is 10.9. The van der Waals surface area contributed by atoms with E-state index in [0.717, 1.165) is 22.7 Å². The van der Waals surface area contributed by atoms with Crippen molar-refractivity contribution in [2.45, 2.75) is 66.2 Å². The lowest BCUT2D eigenvalue weighted by Crippen LogP contribution is -2.18.